The summed E-state index contributed by atoms with van der Waals surface area (Å²) >= 11 is 0. The molecule has 69 heavy (non-hydrogen) atoms. The predicted octanol–water partition coefficient (Wildman–Crippen LogP) is 4.26. The molecule has 1 amide bonds. The van der Waals surface area contributed by atoms with Crippen LogP contribution in [0.15, 0.2) is 48.5 Å². The van der Waals surface area contributed by atoms with Crippen molar-refractivity contribution in [3.63, 3.8) is 0 Å². The van der Waals surface area contributed by atoms with E-state index in [0.717, 1.165) is 0 Å². The topological polar surface area (TPSA) is 339 Å². The van der Waals surface area contributed by atoms with Crippen molar-refractivity contribution >= 4 is 35.8 Å². The van der Waals surface area contributed by atoms with Crippen molar-refractivity contribution in [2.24, 2.45) is 5.73 Å². The van der Waals surface area contributed by atoms with Crippen molar-refractivity contribution in [1.29, 1.82) is 0 Å². The third-order valence-electron chi connectivity index (χ3n) is 9.18. The van der Waals surface area contributed by atoms with Crippen LogP contribution in [0.25, 0.3) is 0 Å². The second-order valence-corrected chi connectivity index (χ2v) is 16.9. The number of carboxylic acid groups (broad SMARTS) is 1. The number of nitrogens with one attached hydrogen (secondary N) is 1. The van der Waals surface area contributed by atoms with Crippen LogP contribution in [-0.4, -0.2) is 127 Å². The summed E-state index contributed by atoms with van der Waals surface area (Å²) in [6, 6.07) is 11.8. The van der Waals surface area contributed by atoms with E-state index in [1.165, 1.54) is 30.3 Å². The van der Waals surface area contributed by atoms with Crippen molar-refractivity contribution in [2.75, 3.05) is 52.9 Å². The third kappa shape index (κ3) is 25.4. The number of hydrogen-bond donors (Lipinski definition) is 3. The zero-order valence-electron chi connectivity index (χ0n) is 39.5. The molecule has 2 fully saturated rings. The third-order valence-corrected chi connectivity index (χ3v) is 9.18. The zero-order valence-corrected chi connectivity index (χ0v) is 39.5. The Bertz CT molecular complexity index is 2000. The number of ether oxygens (including phenoxy) is 8. The number of para-hydroxylation sites is 2. The van der Waals surface area contributed by atoms with Gasteiger partial charge in [0.1, 0.15) is 22.6 Å². The number of aliphatic carboxylic acids is 1. The summed E-state index contributed by atoms with van der Waals surface area (Å²) in [7, 11) is 0. The lowest BCUT2D eigenvalue weighted by Crippen LogP contribution is -2.59. The molecule has 2 aromatic carbocycles. The van der Waals surface area contributed by atoms with E-state index in [9.17, 15) is 49.0 Å². The lowest BCUT2D eigenvalue weighted by molar-refractivity contribution is -0.757. The van der Waals surface area contributed by atoms with Gasteiger partial charge in [-0.25, -0.2) is 14.4 Å². The van der Waals surface area contributed by atoms with Crippen LogP contribution < -0.4 is 20.5 Å². The van der Waals surface area contributed by atoms with Gasteiger partial charge in [0.25, 0.3) is 16.1 Å². The molecule has 0 atom stereocenters. The first kappa shape index (κ1) is 58.6. The van der Waals surface area contributed by atoms with Crippen LogP contribution in [0.5, 0.6) is 11.5 Å². The molecule has 4 rings (SSSR count). The van der Waals surface area contributed by atoms with Crippen LogP contribution in [0.2, 0.25) is 0 Å². The van der Waals surface area contributed by atoms with E-state index < -0.39 is 76.3 Å². The monoisotopic (exact) mass is 982 g/mol. The van der Waals surface area contributed by atoms with E-state index in [2.05, 4.69) is 19.7 Å². The zero-order chi connectivity index (χ0) is 51.7. The number of esters is 4. The van der Waals surface area contributed by atoms with Gasteiger partial charge in [0.15, 0.2) is 24.8 Å². The van der Waals surface area contributed by atoms with Crippen molar-refractivity contribution < 1.29 is 91.6 Å². The van der Waals surface area contributed by atoms with Crippen LogP contribution in [0.1, 0.15) is 114 Å². The van der Waals surface area contributed by atoms with Gasteiger partial charge in [-0.3, -0.25) is 14.4 Å². The summed E-state index contributed by atoms with van der Waals surface area (Å²) in [5.41, 5.74) is 4.62. The van der Waals surface area contributed by atoms with Gasteiger partial charge in [0.2, 0.25) is 0 Å². The second-order valence-electron chi connectivity index (χ2n) is 16.9. The minimum absolute atomic E-state index is 0.000303. The first-order valence-electron chi connectivity index (χ1n) is 21.7. The summed E-state index contributed by atoms with van der Waals surface area (Å²) in [4.78, 5) is 99.2. The van der Waals surface area contributed by atoms with Crippen molar-refractivity contribution in [3.8, 4) is 11.5 Å². The fourth-order valence-corrected chi connectivity index (χ4v) is 5.54. The second kappa shape index (κ2) is 28.7. The Labute approximate surface area is 397 Å². The van der Waals surface area contributed by atoms with Gasteiger partial charge in [-0.1, -0.05) is 37.1 Å². The quantitative estimate of drug-likeness (QED) is 0.0460. The number of nitrogens with zero attached hydrogens (tertiary/aromatic N) is 2. The normalized spacial score (nSPS) is 15.9. The van der Waals surface area contributed by atoms with E-state index in [-0.39, 0.29) is 67.4 Å². The van der Waals surface area contributed by atoms with Crippen LogP contribution in [0.3, 0.4) is 0 Å². The molecule has 0 saturated carbocycles. The Hall–Kier alpha value is -6.54. The summed E-state index contributed by atoms with van der Waals surface area (Å²) < 4.78 is 41.8. The van der Waals surface area contributed by atoms with Gasteiger partial charge >= 0.3 is 29.8 Å². The van der Waals surface area contributed by atoms with E-state index in [1.54, 1.807) is 39.0 Å². The number of rotatable bonds is 23. The number of hydrogen-bond acceptors (Lipinski definition) is 21. The van der Waals surface area contributed by atoms with Crippen LogP contribution in [0.4, 0.5) is 0 Å². The van der Waals surface area contributed by atoms with E-state index in [4.69, 9.17) is 44.0 Å². The number of carbonyl (C=O) groups excluding carboxylic acids is 5. The molecule has 2 aliphatic heterocycles. The van der Waals surface area contributed by atoms with E-state index in [1.807, 2.05) is 20.8 Å². The molecule has 2 aromatic rings. The molecule has 0 bridgehead atoms. The average Bonchev–Trinajstić information content (AvgIpc) is 3.27. The van der Waals surface area contributed by atoms with Crippen LogP contribution >= 0.6 is 0 Å². The largest absolute Gasteiger partial charge is 0.479 e. The molecular weight excluding hydrogens is 920 g/mol. The highest BCUT2D eigenvalue weighted by molar-refractivity contribution is 5.95. The molecule has 4 N–H and O–H groups in total. The van der Waals surface area contributed by atoms with E-state index >= 15 is 0 Å². The first-order valence-corrected chi connectivity index (χ1v) is 21.7. The van der Waals surface area contributed by atoms with Crippen molar-refractivity contribution in [3.05, 3.63) is 79.9 Å². The lowest BCUT2D eigenvalue weighted by atomic mass is 10.0. The highest BCUT2D eigenvalue weighted by atomic mass is 17.0. The summed E-state index contributed by atoms with van der Waals surface area (Å²) in [6.45, 7) is 11.2. The van der Waals surface area contributed by atoms with Gasteiger partial charge in [-0.15, -0.1) is 20.2 Å². The molecular formula is C44H62N4O21. The molecule has 0 aliphatic carbocycles. The van der Waals surface area contributed by atoms with E-state index in [0.29, 0.717) is 51.7 Å². The fourth-order valence-electron chi connectivity index (χ4n) is 5.54. The predicted molar refractivity (Wildman–Crippen MR) is 236 cm³/mol. The van der Waals surface area contributed by atoms with Crippen molar-refractivity contribution in [2.45, 2.75) is 116 Å². The molecule has 25 heteroatoms. The Kier molecular flexibility index (Phi) is 24.4. The molecule has 0 aromatic heterocycles. The molecule has 2 heterocycles. The number of unbranched alkanes of at least 4 members (excludes halogenated alkanes) is 4. The Balaban J connectivity index is 0.000000405. The standard InChI is InChI=1S/C22H30N2O10.C15H17NO9.C7H15NO2/c1-21(2)31-14-22(3,15-32-21)23-18(25)13-30-20(27)16-9-6-7-10-17(16)34-19(26)11-5-4-8-12-33-24(28)29;17-13(18)10-23-15(20)11-6-3-4-7-12(11)25-14(19)8-2-1-5-9-24-16(21)22;1-6(2)9-4-7(3,8)5-10-6/h6-7,9-10H,4-5,8,11-15H2,1-3H3,(H,23,25);3-4,6-7H,1-2,5,8-10H2,(H,17,18);4-5,8H2,1-3H3. The van der Waals surface area contributed by atoms with Gasteiger partial charge in [-0.05, 0) is 91.5 Å². The van der Waals surface area contributed by atoms with Crippen molar-refractivity contribution in [1.82, 2.24) is 5.32 Å². The maximum absolute atomic E-state index is 12.5. The number of carbonyl (C=O) groups is 6. The SMILES string of the molecule is CC1(N)COC(C)(C)OC1.CC1(NC(=O)COC(=O)c2ccccc2OC(=O)CCCCCO[N+](=O)[O-])COC(C)(C)OC1.O=C(O)COC(=O)c1ccccc1OC(=O)CCCCCO[N+](=O)[O-]. The first-order chi connectivity index (χ1) is 32.3. The lowest BCUT2D eigenvalue weighted by Gasteiger charge is -2.41. The summed E-state index contributed by atoms with van der Waals surface area (Å²) in [5, 5.41) is 29.5. The minimum atomic E-state index is -1.30. The number of nitrogens with two attached hydrogens (primary N) is 1. The maximum Gasteiger partial charge on any atom is 0.342 e. The van der Waals surface area contributed by atoms with Gasteiger partial charge in [0.05, 0.1) is 50.7 Å². The summed E-state index contributed by atoms with van der Waals surface area (Å²) in [6.07, 6.45) is 2.91. The smallest absolute Gasteiger partial charge is 0.342 e. The van der Waals surface area contributed by atoms with Gasteiger partial charge < -0.3 is 63.7 Å². The number of benzene rings is 2. The minimum Gasteiger partial charge on any atom is -0.479 e. The van der Waals surface area contributed by atoms with Crippen LogP contribution in [0, 0.1) is 20.2 Å². The van der Waals surface area contributed by atoms with Gasteiger partial charge in [-0.2, -0.15) is 0 Å². The maximum atomic E-state index is 12.5. The highest BCUT2D eigenvalue weighted by Crippen LogP contribution is 2.25. The fraction of sp³-hybridized carbons (Fsp3) is 0.591. The molecule has 0 spiro atoms. The molecule has 0 unspecified atom stereocenters. The highest BCUT2D eigenvalue weighted by Gasteiger charge is 2.38. The molecule has 0 radical (unpaired) electrons. The Morgan fingerprint density at radius 3 is 1.41 bits per heavy atom. The Morgan fingerprint density at radius 2 is 1.01 bits per heavy atom. The molecule has 2 aliphatic rings. The number of carboxylic acids is 1. The average molecular weight is 983 g/mol. The Morgan fingerprint density at radius 1 is 0.623 bits per heavy atom. The number of amides is 1. The molecule has 2 saturated heterocycles. The van der Waals surface area contributed by atoms with Crippen LogP contribution in [-0.2, 0) is 57.3 Å². The summed E-state index contributed by atoms with van der Waals surface area (Å²) in [5.74, 6) is -5.92. The molecule has 25 nitrogen and oxygen atoms in total. The molecule has 384 valence electrons. The van der Waals surface area contributed by atoms with Gasteiger partial charge in [0, 0.05) is 12.8 Å².